The van der Waals surface area contributed by atoms with Gasteiger partial charge in [0.2, 0.25) is 0 Å². The second kappa shape index (κ2) is 20.6. The lowest BCUT2D eigenvalue weighted by molar-refractivity contribution is -0.139. The quantitative estimate of drug-likeness (QED) is 0.0913. The summed E-state index contributed by atoms with van der Waals surface area (Å²) in [6.45, 7) is 9.83. The van der Waals surface area contributed by atoms with E-state index in [2.05, 4.69) is 14.7 Å². The topological polar surface area (TPSA) is 76.6 Å². The molecule has 0 aliphatic carbocycles. The Hall–Kier alpha value is -4.03. The second-order valence-electron chi connectivity index (χ2n) is 14.5. The van der Waals surface area contributed by atoms with E-state index in [1.165, 1.54) is 6.07 Å². The van der Waals surface area contributed by atoms with Gasteiger partial charge < -0.3 is 19.5 Å². The van der Waals surface area contributed by atoms with Crippen LogP contribution in [0.1, 0.15) is 66.3 Å². The van der Waals surface area contributed by atoms with Crippen LogP contribution in [0.15, 0.2) is 60.7 Å². The average Bonchev–Trinajstić information content (AvgIpc) is 3.24. The summed E-state index contributed by atoms with van der Waals surface area (Å²) >= 11 is 0. The first-order chi connectivity index (χ1) is 26.1. The molecule has 0 unspecified atom stereocenters. The number of aldehydes is 1. The lowest BCUT2D eigenvalue weighted by Crippen LogP contribution is -2.39. The molecule has 54 heavy (non-hydrogen) atoms. The number of carbonyl (C=O) groups excluding carboxylic acids is 1. The highest BCUT2D eigenvalue weighted by Crippen LogP contribution is 2.38. The molecule has 2 fully saturated rings. The van der Waals surface area contributed by atoms with Crippen molar-refractivity contribution in [2.75, 3.05) is 78.6 Å². The van der Waals surface area contributed by atoms with Crippen molar-refractivity contribution in [1.29, 1.82) is 0 Å². The molecule has 8 nitrogen and oxygen atoms in total. The summed E-state index contributed by atoms with van der Waals surface area (Å²) in [7, 11) is 0. The molecule has 0 radical (unpaired) electrons. The SMILES string of the molecule is Cc1c(/C=C/c2cc(OCCCCCN3CCN(CC=O)CCN(CC(=O)O)CC3)c(CN3CCCCC3)cc2C(F)(F)F)cccc1-c1ccccc1. The zero-order valence-corrected chi connectivity index (χ0v) is 31.5. The highest BCUT2D eigenvalue weighted by atomic mass is 19.4. The normalized spacial score (nSPS) is 17.3. The van der Waals surface area contributed by atoms with Gasteiger partial charge in [-0.15, -0.1) is 0 Å². The maximum absolute atomic E-state index is 14.6. The van der Waals surface area contributed by atoms with Crippen molar-refractivity contribution in [3.8, 4) is 16.9 Å². The van der Waals surface area contributed by atoms with Crippen LogP contribution < -0.4 is 4.74 Å². The molecule has 11 heteroatoms. The molecule has 0 spiro atoms. The maximum atomic E-state index is 14.6. The molecule has 3 aromatic rings. The molecule has 292 valence electrons. The maximum Gasteiger partial charge on any atom is 0.417 e. The monoisotopic (exact) mass is 748 g/mol. The van der Waals surface area contributed by atoms with Gasteiger partial charge >= 0.3 is 12.1 Å². The number of hydrogen-bond donors (Lipinski definition) is 1. The molecule has 0 amide bonds. The lowest BCUT2D eigenvalue weighted by atomic mass is 9.95. The van der Waals surface area contributed by atoms with Crippen LogP contribution in [0.3, 0.4) is 0 Å². The molecule has 2 saturated heterocycles. The van der Waals surface area contributed by atoms with Crippen molar-refractivity contribution in [2.45, 2.75) is 58.2 Å². The number of benzene rings is 3. The number of alkyl halides is 3. The summed E-state index contributed by atoms with van der Waals surface area (Å²) in [5.74, 6) is -0.362. The highest BCUT2D eigenvalue weighted by Gasteiger charge is 2.34. The van der Waals surface area contributed by atoms with Gasteiger partial charge in [0, 0.05) is 51.4 Å². The Labute approximate surface area is 318 Å². The molecule has 0 saturated carbocycles. The minimum Gasteiger partial charge on any atom is -0.493 e. The van der Waals surface area contributed by atoms with E-state index < -0.39 is 17.7 Å². The van der Waals surface area contributed by atoms with Crippen LogP contribution in [-0.2, 0) is 22.3 Å². The Morgan fingerprint density at radius 3 is 2.15 bits per heavy atom. The van der Waals surface area contributed by atoms with E-state index in [9.17, 15) is 27.9 Å². The second-order valence-corrected chi connectivity index (χ2v) is 14.5. The number of aliphatic carboxylic acids is 1. The molecular formula is C43H55F3N4O4. The molecule has 0 atom stereocenters. The van der Waals surface area contributed by atoms with Crippen molar-refractivity contribution in [2.24, 2.45) is 0 Å². The van der Waals surface area contributed by atoms with Crippen molar-refractivity contribution >= 4 is 24.4 Å². The van der Waals surface area contributed by atoms with Crippen molar-refractivity contribution in [1.82, 2.24) is 19.6 Å². The van der Waals surface area contributed by atoms with E-state index in [1.807, 2.05) is 60.4 Å². The van der Waals surface area contributed by atoms with Crippen molar-refractivity contribution in [3.05, 3.63) is 88.5 Å². The van der Waals surface area contributed by atoms with E-state index in [4.69, 9.17) is 4.74 Å². The summed E-state index contributed by atoms with van der Waals surface area (Å²) in [6.07, 6.45) is 5.43. The van der Waals surface area contributed by atoms with Gasteiger partial charge in [0.1, 0.15) is 12.0 Å². The first kappa shape index (κ1) is 41.1. The molecule has 2 aliphatic heterocycles. The smallest absolute Gasteiger partial charge is 0.417 e. The fourth-order valence-electron chi connectivity index (χ4n) is 7.43. The number of rotatable bonds is 16. The summed E-state index contributed by atoms with van der Waals surface area (Å²) in [4.78, 5) is 31.1. The Balaban J connectivity index is 1.28. The van der Waals surface area contributed by atoms with Crippen molar-refractivity contribution < 1.29 is 32.6 Å². The summed E-state index contributed by atoms with van der Waals surface area (Å²) in [6, 6.07) is 18.7. The van der Waals surface area contributed by atoms with E-state index >= 15 is 0 Å². The molecule has 2 aliphatic rings. The summed E-state index contributed by atoms with van der Waals surface area (Å²) in [5.41, 5.74) is 3.92. The highest BCUT2D eigenvalue weighted by molar-refractivity contribution is 5.78. The molecule has 0 bridgehead atoms. The molecule has 3 aromatic carbocycles. The Kier molecular flexibility index (Phi) is 15.7. The van der Waals surface area contributed by atoms with Crippen molar-refractivity contribution in [3.63, 3.8) is 0 Å². The van der Waals surface area contributed by atoms with E-state index in [-0.39, 0.29) is 12.1 Å². The van der Waals surface area contributed by atoms with Crippen LogP contribution in [0, 0.1) is 6.92 Å². The number of halogens is 3. The van der Waals surface area contributed by atoms with Gasteiger partial charge in [0.15, 0.2) is 0 Å². The van der Waals surface area contributed by atoms with Crippen LogP contribution in [0.2, 0.25) is 0 Å². The number of hydrogen-bond acceptors (Lipinski definition) is 7. The average molecular weight is 749 g/mol. The minimum absolute atomic E-state index is 0.0254. The zero-order valence-electron chi connectivity index (χ0n) is 31.5. The summed E-state index contributed by atoms with van der Waals surface area (Å²) in [5, 5.41) is 9.34. The molecule has 0 aromatic heterocycles. The molecule has 5 rings (SSSR count). The standard InChI is InChI=1S/C43H55F3N4O4/c1-34-35(14-11-15-39(34)36-12-5-2-6-13-36)16-17-37-31-41(38(30-40(37)43(44,45)46)32-49-19-7-3-8-20-49)54-29-10-4-9-18-47-21-22-48(27-28-51)24-26-50(25-23-47)33-42(52)53/h2,5-6,11-17,28,30-31H,3-4,7-10,18-27,29,32-33H2,1H3,(H,52,53)/b17-16+. The Morgan fingerprint density at radius 2 is 1.46 bits per heavy atom. The third-order valence-electron chi connectivity index (χ3n) is 10.5. The number of nitrogens with zero attached hydrogens (tertiary/aromatic N) is 4. The van der Waals surface area contributed by atoms with E-state index in [0.717, 1.165) is 106 Å². The summed E-state index contributed by atoms with van der Waals surface area (Å²) < 4.78 is 50.3. The van der Waals surface area contributed by atoms with Crippen LogP contribution in [-0.4, -0.2) is 116 Å². The van der Waals surface area contributed by atoms with Crippen LogP contribution in [0.5, 0.6) is 5.75 Å². The van der Waals surface area contributed by atoms with Crippen LogP contribution >= 0.6 is 0 Å². The number of unbranched alkanes of at least 4 members (excludes halogenated alkanes) is 2. The number of piperidine rings is 1. The third-order valence-corrected chi connectivity index (χ3v) is 10.5. The fourth-order valence-corrected chi connectivity index (χ4v) is 7.43. The first-order valence-electron chi connectivity index (χ1n) is 19.4. The predicted octanol–water partition coefficient (Wildman–Crippen LogP) is 7.59. The van der Waals surface area contributed by atoms with Crippen LogP contribution in [0.4, 0.5) is 13.2 Å². The predicted molar refractivity (Wildman–Crippen MR) is 208 cm³/mol. The lowest BCUT2D eigenvalue weighted by Gasteiger charge is -2.28. The van der Waals surface area contributed by atoms with Gasteiger partial charge in [-0.05, 0) is 98.6 Å². The largest absolute Gasteiger partial charge is 0.493 e. The minimum atomic E-state index is -4.53. The van der Waals surface area contributed by atoms with E-state index in [0.29, 0.717) is 50.6 Å². The Bertz CT molecular complexity index is 1680. The first-order valence-corrected chi connectivity index (χ1v) is 19.4. The van der Waals surface area contributed by atoms with Gasteiger partial charge in [-0.2, -0.15) is 13.2 Å². The number of carbonyl (C=O) groups is 2. The number of likely N-dealkylation sites (tertiary alicyclic amines) is 1. The Morgan fingerprint density at radius 1 is 0.778 bits per heavy atom. The third kappa shape index (κ3) is 12.5. The van der Waals surface area contributed by atoms with Gasteiger partial charge in [0.25, 0.3) is 0 Å². The molecule has 1 N–H and O–H groups in total. The van der Waals surface area contributed by atoms with Gasteiger partial charge in [-0.1, -0.05) is 67.1 Å². The fraction of sp³-hybridized carbons (Fsp3) is 0.488. The van der Waals surface area contributed by atoms with Gasteiger partial charge in [0.05, 0.1) is 25.3 Å². The van der Waals surface area contributed by atoms with Gasteiger partial charge in [-0.3, -0.25) is 19.5 Å². The number of carboxylic acids is 1. The number of carboxylic acid groups (broad SMARTS) is 1. The number of ether oxygens (including phenoxy) is 1. The van der Waals surface area contributed by atoms with Crippen LogP contribution in [0.25, 0.3) is 23.3 Å². The van der Waals surface area contributed by atoms with Gasteiger partial charge in [-0.25, -0.2) is 0 Å². The molecular weight excluding hydrogens is 693 g/mol. The molecule has 2 heterocycles. The van der Waals surface area contributed by atoms with E-state index in [1.54, 1.807) is 18.2 Å². The zero-order chi connectivity index (χ0) is 38.3.